The average molecular weight is 716 g/mol. The number of sulfonamides is 1. The molecule has 0 radical (unpaired) electrons. The van der Waals surface area contributed by atoms with Crippen LogP contribution in [0.3, 0.4) is 0 Å². The third-order valence-corrected chi connectivity index (χ3v) is 9.80. The first-order chi connectivity index (χ1) is 19.9. The van der Waals surface area contributed by atoms with E-state index in [1.54, 1.807) is 0 Å². The second-order valence-electron chi connectivity index (χ2n) is 10.3. The molecular formula is C30H31BrCl3N3O4S. The van der Waals surface area contributed by atoms with Gasteiger partial charge < -0.3 is 10.2 Å². The van der Waals surface area contributed by atoms with Crippen LogP contribution in [0.1, 0.15) is 36.8 Å². The number of rotatable bonds is 11. The van der Waals surface area contributed by atoms with Crippen LogP contribution in [-0.2, 0) is 32.6 Å². The fourth-order valence-corrected chi connectivity index (χ4v) is 7.04. The largest absolute Gasteiger partial charge is 0.352 e. The van der Waals surface area contributed by atoms with Crippen molar-refractivity contribution in [2.75, 3.05) is 17.1 Å². The van der Waals surface area contributed by atoms with Gasteiger partial charge >= 0.3 is 0 Å². The first kappa shape index (κ1) is 32.6. The predicted octanol–water partition coefficient (Wildman–Crippen LogP) is 6.87. The van der Waals surface area contributed by atoms with E-state index in [0.717, 1.165) is 51.8 Å². The first-order valence-electron chi connectivity index (χ1n) is 13.4. The third kappa shape index (κ3) is 8.63. The number of nitrogens with zero attached hydrogens (tertiary/aromatic N) is 2. The molecule has 1 fully saturated rings. The molecule has 0 spiro atoms. The molecule has 4 rings (SSSR count). The molecule has 1 aliphatic rings. The van der Waals surface area contributed by atoms with Gasteiger partial charge in [0.1, 0.15) is 12.6 Å². The van der Waals surface area contributed by atoms with Crippen LogP contribution in [0.2, 0.25) is 15.1 Å². The minimum atomic E-state index is -4.01. The molecule has 1 aliphatic carbocycles. The van der Waals surface area contributed by atoms with Crippen molar-refractivity contribution in [3.8, 4) is 0 Å². The first-order valence-corrected chi connectivity index (χ1v) is 17.2. The summed E-state index contributed by atoms with van der Waals surface area (Å²) >= 11 is 22.1. The van der Waals surface area contributed by atoms with Gasteiger partial charge in [0.15, 0.2) is 0 Å². The molecule has 0 aliphatic heterocycles. The maximum absolute atomic E-state index is 14.2. The smallest absolute Gasteiger partial charge is 0.244 e. The minimum absolute atomic E-state index is 0.0133. The van der Waals surface area contributed by atoms with Gasteiger partial charge in [0.05, 0.1) is 27.0 Å². The van der Waals surface area contributed by atoms with Crippen LogP contribution in [-0.4, -0.2) is 50.0 Å². The van der Waals surface area contributed by atoms with Gasteiger partial charge in [-0.25, -0.2) is 8.42 Å². The lowest BCUT2D eigenvalue weighted by atomic mass is 10.0. The summed E-state index contributed by atoms with van der Waals surface area (Å²) in [6.45, 7) is -0.535. The molecule has 2 amide bonds. The van der Waals surface area contributed by atoms with E-state index in [4.69, 9.17) is 34.8 Å². The number of hydrogen-bond donors (Lipinski definition) is 1. The Labute approximate surface area is 270 Å². The Morgan fingerprint density at radius 2 is 1.57 bits per heavy atom. The van der Waals surface area contributed by atoms with Gasteiger partial charge in [-0.15, -0.1) is 0 Å². The molecule has 3 aromatic rings. The summed E-state index contributed by atoms with van der Waals surface area (Å²) in [5.74, 6) is -0.863. The Morgan fingerprint density at radius 1 is 0.929 bits per heavy atom. The number of carbonyl (C=O) groups is 2. The Kier molecular flexibility index (Phi) is 11.2. The molecule has 3 aromatic carbocycles. The summed E-state index contributed by atoms with van der Waals surface area (Å²) in [6, 6.07) is 18.6. The molecular weight excluding hydrogens is 685 g/mol. The highest BCUT2D eigenvalue weighted by Gasteiger charge is 2.34. The van der Waals surface area contributed by atoms with Gasteiger partial charge in [-0.1, -0.05) is 106 Å². The zero-order valence-electron chi connectivity index (χ0n) is 22.9. The van der Waals surface area contributed by atoms with E-state index in [-0.39, 0.29) is 45.7 Å². The normalized spacial score (nSPS) is 14.4. The van der Waals surface area contributed by atoms with Crippen molar-refractivity contribution in [1.29, 1.82) is 0 Å². The SMILES string of the molecule is CS(=O)(=O)N(CC(=O)N(Cc1cccc(Br)c1)[C@H](Cc1ccccc1)C(=O)NC1CCCC1)c1cc(Cl)c(Cl)cc1Cl. The fraction of sp³-hybridized carbons (Fsp3) is 0.333. The zero-order valence-corrected chi connectivity index (χ0v) is 27.6. The summed E-state index contributed by atoms with van der Waals surface area (Å²) in [5, 5.41) is 3.39. The summed E-state index contributed by atoms with van der Waals surface area (Å²) in [6.07, 6.45) is 5.03. The standard InChI is InChI=1S/C30H31BrCl3N3O4S/c1-42(40,41)37(27-17-25(33)24(32)16-26(27)34)19-29(38)36(18-21-10-7-11-22(31)14-21)28(15-20-8-3-2-4-9-20)30(39)35-23-12-5-6-13-23/h2-4,7-11,14,16-17,23,28H,5-6,12-13,15,18-19H2,1H3,(H,35,39)/t28-/m1/s1. The van der Waals surface area contributed by atoms with Crippen LogP contribution in [0, 0.1) is 0 Å². The quantitative estimate of drug-likeness (QED) is 0.220. The number of amides is 2. The lowest BCUT2D eigenvalue weighted by molar-refractivity contribution is -0.140. The molecule has 1 N–H and O–H groups in total. The Balaban J connectivity index is 1.75. The Bertz CT molecular complexity index is 1540. The summed E-state index contributed by atoms with van der Waals surface area (Å²) in [4.78, 5) is 29.6. The van der Waals surface area contributed by atoms with Crippen LogP contribution in [0.25, 0.3) is 0 Å². The average Bonchev–Trinajstić information content (AvgIpc) is 3.44. The predicted molar refractivity (Wildman–Crippen MR) is 173 cm³/mol. The third-order valence-electron chi connectivity index (χ3n) is 7.15. The van der Waals surface area contributed by atoms with Crippen molar-refractivity contribution in [3.63, 3.8) is 0 Å². The van der Waals surface area contributed by atoms with E-state index in [9.17, 15) is 18.0 Å². The summed E-state index contributed by atoms with van der Waals surface area (Å²) in [5.41, 5.74) is 1.64. The highest BCUT2D eigenvalue weighted by atomic mass is 79.9. The van der Waals surface area contributed by atoms with Crippen molar-refractivity contribution in [3.05, 3.63) is 97.4 Å². The van der Waals surface area contributed by atoms with Crippen molar-refractivity contribution in [2.45, 2.75) is 50.7 Å². The topological polar surface area (TPSA) is 86.8 Å². The maximum atomic E-state index is 14.2. The van der Waals surface area contributed by atoms with Crippen molar-refractivity contribution >= 4 is 78.3 Å². The van der Waals surface area contributed by atoms with Crippen LogP contribution < -0.4 is 9.62 Å². The van der Waals surface area contributed by atoms with E-state index in [2.05, 4.69) is 21.2 Å². The molecule has 1 saturated carbocycles. The van der Waals surface area contributed by atoms with E-state index in [0.29, 0.717) is 0 Å². The highest BCUT2D eigenvalue weighted by molar-refractivity contribution is 9.10. The number of carbonyl (C=O) groups excluding carboxylic acids is 2. The van der Waals surface area contributed by atoms with Crippen molar-refractivity contribution in [2.24, 2.45) is 0 Å². The molecule has 12 heteroatoms. The van der Waals surface area contributed by atoms with Crippen LogP contribution in [0.4, 0.5) is 5.69 Å². The second kappa shape index (κ2) is 14.4. The zero-order chi connectivity index (χ0) is 30.4. The van der Waals surface area contributed by atoms with E-state index < -0.39 is 28.5 Å². The lowest BCUT2D eigenvalue weighted by Crippen LogP contribution is -2.54. The van der Waals surface area contributed by atoms with E-state index >= 15 is 0 Å². The van der Waals surface area contributed by atoms with E-state index in [1.165, 1.54) is 17.0 Å². The van der Waals surface area contributed by atoms with Gasteiger partial charge in [0.2, 0.25) is 21.8 Å². The molecule has 0 aromatic heterocycles. The minimum Gasteiger partial charge on any atom is -0.352 e. The molecule has 1 atom stereocenters. The molecule has 0 bridgehead atoms. The van der Waals surface area contributed by atoms with Crippen LogP contribution >= 0.6 is 50.7 Å². The Morgan fingerprint density at radius 3 is 2.21 bits per heavy atom. The lowest BCUT2D eigenvalue weighted by Gasteiger charge is -2.34. The summed E-state index contributed by atoms with van der Waals surface area (Å²) in [7, 11) is -4.01. The number of halogens is 4. The van der Waals surface area contributed by atoms with Gasteiger partial charge in [-0.2, -0.15) is 0 Å². The molecule has 0 heterocycles. The fourth-order valence-electron chi connectivity index (χ4n) is 5.05. The van der Waals surface area contributed by atoms with Gasteiger partial charge in [0, 0.05) is 23.5 Å². The monoisotopic (exact) mass is 713 g/mol. The van der Waals surface area contributed by atoms with Crippen LogP contribution in [0.15, 0.2) is 71.2 Å². The second-order valence-corrected chi connectivity index (χ2v) is 14.4. The van der Waals surface area contributed by atoms with Crippen molar-refractivity contribution < 1.29 is 18.0 Å². The van der Waals surface area contributed by atoms with Gasteiger partial charge in [0.25, 0.3) is 0 Å². The molecule has 42 heavy (non-hydrogen) atoms. The Hall–Kier alpha value is -2.30. The molecule has 7 nitrogen and oxygen atoms in total. The van der Waals surface area contributed by atoms with Gasteiger partial charge in [-0.05, 0) is 48.2 Å². The molecule has 0 unspecified atom stereocenters. The van der Waals surface area contributed by atoms with Crippen molar-refractivity contribution in [1.82, 2.24) is 10.2 Å². The molecule has 224 valence electrons. The van der Waals surface area contributed by atoms with Gasteiger partial charge in [-0.3, -0.25) is 13.9 Å². The van der Waals surface area contributed by atoms with Crippen LogP contribution in [0.5, 0.6) is 0 Å². The number of hydrogen-bond acceptors (Lipinski definition) is 4. The number of anilines is 1. The number of nitrogens with one attached hydrogen (secondary N) is 1. The number of benzene rings is 3. The summed E-state index contributed by atoms with van der Waals surface area (Å²) < 4.78 is 27.7. The highest BCUT2D eigenvalue weighted by Crippen LogP contribution is 2.36. The maximum Gasteiger partial charge on any atom is 0.244 e. The molecule has 0 saturated heterocycles. The van der Waals surface area contributed by atoms with E-state index in [1.807, 2.05) is 54.6 Å².